The van der Waals surface area contributed by atoms with E-state index in [9.17, 15) is 0 Å². The second kappa shape index (κ2) is 60.3. The molecule has 0 radical (unpaired) electrons. The van der Waals surface area contributed by atoms with E-state index in [1.54, 1.807) is 0 Å². The van der Waals surface area contributed by atoms with Crippen LogP contribution in [0.3, 0.4) is 0 Å². The molecule has 36 valence electrons. The van der Waals surface area contributed by atoms with Gasteiger partial charge in [-0.05, 0) is 0 Å². The van der Waals surface area contributed by atoms with Crippen LogP contribution in [0.25, 0.3) is 0 Å². The van der Waals surface area contributed by atoms with Crippen molar-refractivity contribution in [1.29, 1.82) is 0 Å². The van der Waals surface area contributed by atoms with E-state index in [4.69, 9.17) is 0 Å². The van der Waals surface area contributed by atoms with Gasteiger partial charge in [0.1, 0.15) is 0 Å². The maximum atomic E-state index is 0. The van der Waals surface area contributed by atoms with Gasteiger partial charge in [-0.3, -0.25) is 0 Å². The summed E-state index contributed by atoms with van der Waals surface area (Å²) in [4.78, 5) is 0. The Hall–Kier alpha value is 1.26. The summed E-state index contributed by atoms with van der Waals surface area (Å²) in [5, 5.41) is 0. The van der Waals surface area contributed by atoms with Crippen LogP contribution in [0.4, 0.5) is 0 Å². The van der Waals surface area contributed by atoms with E-state index in [2.05, 4.69) is 0 Å². The third-order valence-corrected chi connectivity index (χ3v) is 0. The van der Waals surface area contributed by atoms with E-state index in [1.807, 2.05) is 0 Å². The summed E-state index contributed by atoms with van der Waals surface area (Å²) in [7, 11) is 0. The Labute approximate surface area is 58.6 Å². The molecule has 0 atom stereocenters. The van der Waals surface area contributed by atoms with Crippen LogP contribution in [-0.2, 0) is 42.1 Å². The summed E-state index contributed by atoms with van der Waals surface area (Å²) in [5.74, 6) is 0. The van der Waals surface area contributed by atoms with Gasteiger partial charge in [0.2, 0.25) is 0 Å². The Morgan fingerprint density at radius 3 is 0.400 bits per heavy atom. The molecule has 0 aromatic heterocycles. The maximum Gasteiger partial charge on any atom is 0 e. The molecule has 0 heterocycles. The molecule has 0 saturated carbocycles. The first kappa shape index (κ1) is 109. The summed E-state index contributed by atoms with van der Waals surface area (Å²) in [6.07, 6.45) is 0. The molecule has 0 aliphatic carbocycles. The Balaban J connectivity index is 0. The Morgan fingerprint density at radius 1 is 0.400 bits per heavy atom. The fourth-order valence-electron chi connectivity index (χ4n) is 0. The third kappa shape index (κ3) is 35.3. The molecule has 0 aliphatic rings. The van der Waals surface area contributed by atoms with E-state index < -0.39 is 0 Å². The van der Waals surface area contributed by atoms with Gasteiger partial charge >= 0.3 is 0 Å². The molecule has 0 saturated heterocycles. The summed E-state index contributed by atoms with van der Waals surface area (Å²) < 4.78 is 0. The first-order valence-corrected chi connectivity index (χ1v) is 0. The second-order valence-corrected chi connectivity index (χ2v) is 0. The molecule has 0 bridgehead atoms. The van der Waals surface area contributed by atoms with Crippen molar-refractivity contribution in [3.05, 3.63) is 0 Å². The third-order valence-electron chi connectivity index (χ3n) is 0. The zero-order chi connectivity index (χ0) is 0. The Morgan fingerprint density at radius 2 is 0.400 bits per heavy atom. The molecule has 0 spiro atoms. The molecule has 6 N–H and O–H groups in total. The minimum atomic E-state index is 0. The average molecular weight is 246 g/mol. The van der Waals surface area contributed by atoms with Gasteiger partial charge in [-0.25, -0.2) is 0 Å². The minimum Gasteiger partial charge on any atom is -0.412 e. The number of rotatable bonds is 0. The van der Waals surface area contributed by atoms with Gasteiger partial charge in [0.15, 0.2) is 0 Å². The molecule has 0 amide bonds. The van der Waals surface area contributed by atoms with Crippen LogP contribution in [0, 0.1) is 0 Å². The van der Waals surface area contributed by atoms with E-state index in [0.29, 0.717) is 0 Å². The summed E-state index contributed by atoms with van der Waals surface area (Å²) in [6.45, 7) is 0. The Kier molecular flexibility index (Phi) is 1320. The van der Waals surface area contributed by atoms with Gasteiger partial charge in [0.05, 0.1) is 0 Å². The van der Waals surface area contributed by atoms with Gasteiger partial charge in [0.25, 0.3) is 0 Å². The minimum absolute atomic E-state index is 0. The number of hydrogen-bond acceptors (Lipinski definition) is 0. The topological polar surface area (TPSA) is 94.5 Å². The van der Waals surface area contributed by atoms with Crippen molar-refractivity contribution >= 4 is 0 Å². The van der Waals surface area contributed by atoms with Gasteiger partial charge in [-0.2, -0.15) is 0 Å². The quantitative estimate of drug-likeness (QED) is 0.423. The molecule has 0 rings (SSSR count). The van der Waals surface area contributed by atoms with E-state index in [1.165, 1.54) is 0 Å². The van der Waals surface area contributed by atoms with Crippen molar-refractivity contribution < 1.29 is 58.6 Å². The zero-order valence-electron chi connectivity index (χ0n) is 2.32. The van der Waals surface area contributed by atoms with Gasteiger partial charge < -0.3 is 16.4 Å². The summed E-state index contributed by atoms with van der Waals surface area (Å²) >= 11 is 0. The van der Waals surface area contributed by atoms with Crippen LogP contribution in [0.15, 0.2) is 0 Å². The molecule has 5 heavy (non-hydrogen) atoms. The molecule has 0 aromatic carbocycles. The average Bonchev–Trinajstić information content (AvgIpc) is 0. The fraction of sp³-hybridized carbons (Fsp3) is 0. The molecular formula is H6Mo2O3. The molecule has 0 aliphatic heterocycles. The van der Waals surface area contributed by atoms with Gasteiger partial charge in [-0.15, -0.1) is 0 Å². The van der Waals surface area contributed by atoms with Crippen LogP contribution in [0.2, 0.25) is 0 Å². The van der Waals surface area contributed by atoms with Crippen LogP contribution >= 0.6 is 0 Å². The van der Waals surface area contributed by atoms with Crippen molar-refractivity contribution in [3.63, 3.8) is 0 Å². The van der Waals surface area contributed by atoms with E-state index >= 15 is 0 Å². The van der Waals surface area contributed by atoms with Crippen molar-refractivity contribution in [2.24, 2.45) is 0 Å². The fourth-order valence-corrected chi connectivity index (χ4v) is 0. The first-order valence-electron chi connectivity index (χ1n) is 0. The van der Waals surface area contributed by atoms with Gasteiger partial charge in [0, 0.05) is 42.1 Å². The Bertz CT molecular complexity index is 4.85. The monoisotopic (exact) mass is 250 g/mol. The predicted molar refractivity (Wildman–Crippen MR) is 10.8 cm³/mol. The SMILES string of the molecule is O.O.O.[Mo].[Mo]. The molecule has 0 unspecified atom stereocenters. The summed E-state index contributed by atoms with van der Waals surface area (Å²) in [6, 6.07) is 0. The van der Waals surface area contributed by atoms with Crippen LogP contribution in [-0.4, -0.2) is 16.4 Å². The largest absolute Gasteiger partial charge is 0.412 e. The van der Waals surface area contributed by atoms with Gasteiger partial charge in [-0.1, -0.05) is 0 Å². The zero-order valence-corrected chi connectivity index (χ0v) is 6.33. The molecule has 0 aromatic rings. The van der Waals surface area contributed by atoms with E-state index in [0.717, 1.165) is 0 Å². The maximum absolute atomic E-state index is 0. The summed E-state index contributed by atoms with van der Waals surface area (Å²) in [5.41, 5.74) is 0. The smallest absolute Gasteiger partial charge is 0 e. The first-order chi connectivity index (χ1) is 0. The predicted octanol–water partition coefficient (Wildman–Crippen LogP) is -2.48. The molecule has 5 heteroatoms. The second-order valence-electron chi connectivity index (χ2n) is 0. The normalized spacial score (nSPS) is 0. The number of hydrogen-bond donors (Lipinski definition) is 0. The van der Waals surface area contributed by atoms with Crippen LogP contribution < -0.4 is 0 Å². The van der Waals surface area contributed by atoms with Crippen LogP contribution in [0.1, 0.15) is 0 Å². The standard InChI is InChI=1S/2Mo.3H2O/h;;3*1H2. The van der Waals surface area contributed by atoms with Crippen LogP contribution in [0.5, 0.6) is 0 Å². The van der Waals surface area contributed by atoms with E-state index in [-0.39, 0.29) is 58.6 Å². The van der Waals surface area contributed by atoms with Crippen molar-refractivity contribution in [2.75, 3.05) is 0 Å². The molecule has 3 nitrogen and oxygen atoms in total. The molecule has 0 fully saturated rings. The van der Waals surface area contributed by atoms with Crippen molar-refractivity contribution in [1.82, 2.24) is 0 Å². The van der Waals surface area contributed by atoms with Crippen molar-refractivity contribution in [3.8, 4) is 0 Å². The van der Waals surface area contributed by atoms with Crippen molar-refractivity contribution in [2.45, 2.75) is 0 Å². The molecular weight excluding hydrogens is 240 g/mol.